The van der Waals surface area contributed by atoms with E-state index < -0.39 is 17.6 Å². The summed E-state index contributed by atoms with van der Waals surface area (Å²) in [7, 11) is 1.57. The normalized spacial score (nSPS) is 11.4. The molecule has 0 atom stereocenters. The number of methoxy groups -OCH3 is 1. The maximum atomic E-state index is 13.0. The van der Waals surface area contributed by atoms with Crippen molar-refractivity contribution in [3.05, 3.63) is 89.5 Å². The average Bonchev–Trinajstić information content (AvgIpc) is 3.28. The molecule has 1 amide bonds. The van der Waals surface area contributed by atoms with E-state index in [0.717, 1.165) is 23.3 Å². The van der Waals surface area contributed by atoms with Gasteiger partial charge in [0.2, 0.25) is 0 Å². The molecule has 0 fully saturated rings. The summed E-state index contributed by atoms with van der Waals surface area (Å²) >= 11 is 0. The number of carbonyl (C=O) groups excluding carboxylic acids is 1. The average molecular weight is 496 g/mol. The van der Waals surface area contributed by atoms with Gasteiger partial charge in [0.05, 0.1) is 17.9 Å². The van der Waals surface area contributed by atoms with Crippen molar-refractivity contribution in [1.29, 1.82) is 0 Å². The van der Waals surface area contributed by atoms with Crippen LogP contribution in [0.4, 0.5) is 18.9 Å². The Morgan fingerprint density at radius 2 is 1.75 bits per heavy atom. The molecule has 0 unspecified atom stereocenters. The lowest BCUT2D eigenvalue weighted by molar-refractivity contribution is -0.137. The van der Waals surface area contributed by atoms with Crippen molar-refractivity contribution in [2.75, 3.05) is 25.6 Å². The van der Waals surface area contributed by atoms with Gasteiger partial charge < -0.3 is 14.8 Å². The first kappa shape index (κ1) is 24.9. The largest absolute Gasteiger partial charge is 0.460 e. The molecule has 1 aromatic heterocycles. The molecule has 4 aromatic rings. The van der Waals surface area contributed by atoms with Gasteiger partial charge in [-0.3, -0.25) is 4.79 Å². The highest BCUT2D eigenvalue weighted by Crippen LogP contribution is 2.30. The standard InChI is InChI=1S/C26H23F3N4O3/c1-17-6-3-4-9-22(17)23-31-25(36-15-14-35-2)32-33(23)21-12-10-20(11-13-21)30-24(34)18-7-5-8-19(16-18)26(27,28)29/h3-13,16H,14-15H2,1-2H3,(H,30,34). The number of nitrogens with one attached hydrogen (secondary N) is 1. The molecule has 0 bridgehead atoms. The fourth-order valence-electron chi connectivity index (χ4n) is 3.47. The van der Waals surface area contributed by atoms with Gasteiger partial charge in [0.25, 0.3) is 5.91 Å². The van der Waals surface area contributed by atoms with Crippen LogP contribution in [0.1, 0.15) is 21.5 Å². The zero-order chi connectivity index (χ0) is 25.7. The van der Waals surface area contributed by atoms with Gasteiger partial charge in [-0.15, -0.1) is 5.10 Å². The van der Waals surface area contributed by atoms with Crippen molar-refractivity contribution >= 4 is 11.6 Å². The molecule has 36 heavy (non-hydrogen) atoms. The second kappa shape index (κ2) is 10.6. The molecule has 0 radical (unpaired) electrons. The van der Waals surface area contributed by atoms with Crippen molar-refractivity contribution in [2.45, 2.75) is 13.1 Å². The van der Waals surface area contributed by atoms with Crippen LogP contribution in [-0.2, 0) is 10.9 Å². The zero-order valence-corrected chi connectivity index (χ0v) is 19.5. The smallest absolute Gasteiger partial charge is 0.416 e. The molecule has 0 aliphatic heterocycles. The van der Waals surface area contributed by atoms with E-state index in [9.17, 15) is 18.0 Å². The summed E-state index contributed by atoms with van der Waals surface area (Å²) in [4.78, 5) is 17.1. The fourth-order valence-corrected chi connectivity index (χ4v) is 3.47. The van der Waals surface area contributed by atoms with Gasteiger partial charge in [0.1, 0.15) is 6.61 Å². The van der Waals surface area contributed by atoms with E-state index in [1.165, 1.54) is 12.1 Å². The number of hydrogen-bond acceptors (Lipinski definition) is 5. The Kier molecular flexibility index (Phi) is 7.35. The quantitative estimate of drug-likeness (QED) is 0.324. The minimum Gasteiger partial charge on any atom is -0.460 e. The molecule has 0 spiro atoms. The first-order valence-electron chi connectivity index (χ1n) is 11.0. The molecule has 4 rings (SSSR count). The van der Waals surface area contributed by atoms with Crippen molar-refractivity contribution in [3.8, 4) is 23.1 Å². The lowest BCUT2D eigenvalue weighted by Crippen LogP contribution is -2.14. The molecular formula is C26H23F3N4O3. The Hall–Kier alpha value is -4.18. The van der Waals surface area contributed by atoms with Gasteiger partial charge in [-0.2, -0.15) is 18.2 Å². The van der Waals surface area contributed by atoms with Gasteiger partial charge in [-0.05, 0) is 55.0 Å². The maximum Gasteiger partial charge on any atom is 0.416 e. The summed E-state index contributed by atoms with van der Waals surface area (Å²) in [5.74, 6) is -0.0784. The third-order valence-electron chi connectivity index (χ3n) is 5.31. The van der Waals surface area contributed by atoms with Gasteiger partial charge >= 0.3 is 12.2 Å². The second-order valence-corrected chi connectivity index (χ2v) is 7.87. The zero-order valence-electron chi connectivity index (χ0n) is 19.5. The Balaban J connectivity index is 1.59. The first-order chi connectivity index (χ1) is 17.3. The van der Waals surface area contributed by atoms with E-state index in [-0.39, 0.29) is 18.2 Å². The second-order valence-electron chi connectivity index (χ2n) is 7.87. The van der Waals surface area contributed by atoms with Crippen molar-refractivity contribution in [3.63, 3.8) is 0 Å². The van der Waals surface area contributed by atoms with Crippen LogP contribution in [0.5, 0.6) is 6.01 Å². The Labute approximate surface area is 205 Å². The van der Waals surface area contributed by atoms with Crippen molar-refractivity contribution in [2.24, 2.45) is 0 Å². The number of carbonyl (C=O) groups is 1. The Morgan fingerprint density at radius 1 is 1.00 bits per heavy atom. The van der Waals surface area contributed by atoms with E-state index in [4.69, 9.17) is 9.47 Å². The Morgan fingerprint density at radius 3 is 2.44 bits per heavy atom. The number of rotatable bonds is 8. The molecule has 0 saturated heterocycles. The van der Waals surface area contributed by atoms with Crippen molar-refractivity contribution < 1.29 is 27.4 Å². The number of ether oxygens (including phenoxy) is 2. The number of aryl methyl sites for hydroxylation is 1. The predicted molar refractivity (Wildman–Crippen MR) is 128 cm³/mol. The lowest BCUT2D eigenvalue weighted by atomic mass is 10.1. The van der Waals surface area contributed by atoms with E-state index in [0.29, 0.717) is 23.8 Å². The minimum atomic E-state index is -4.53. The molecule has 186 valence electrons. The highest BCUT2D eigenvalue weighted by molar-refractivity contribution is 6.04. The van der Waals surface area contributed by atoms with Crippen LogP contribution >= 0.6 is 0 Å². The van der Waals surface area contributed by atoms with E-state index in [2.05, 4.69) is 15.4 Å². The summed E-state index contributed by atoms with van der Waals surface area (Å²) in [5, 5.41) is 7.09. The van der Waals surface area contributed by atoms with E-state index in [1.807, 2.05) is 31.2 Å². The van der Waals surface area contributed by atoms with Crippen LogP contribution in [0.15, 0.2) is 72.8 Å². The monoisotopic (exact) mass is 496 g/mol. The van der Waals surface area contributed by atoms with Gasteiger partial charge in [-0.1, -0.05) is 30.3 Å². The van der Waals surface area contributed by atoms with E-state index >= 15 is 0 Å². The molecule has 0 aliphatic carbocycles. The SMILES string of the molecule is COCCOc1nc(-c2ccccc2C)n(-c2ccc(NC(=O)c3cccc(C(F)(F)F)c3)cc2)n1. The summed E-state index contributed by atoms with van der Waals surface area (Å²) in [6.45, 7) is 2.63. The molecule has 1 heterocycles. The first-order valence-corrected chi connectivity index (χ1v) is 11.0. The number of amides is 1. The topological polar surface area (TPSA) is 78.3 Å². The van der Waals surface area contributed by atoms with Crippen LogP contribution < -0.4 is 10.1 Å². The lowest BCUT2D eigenvalue weighted by Gasteiger charge is -2.11. The molecular weight excluding hydrogens is 473 g/mol. The third kappa shape index (κ3) is 5.72. The van der Waals surface area contributed by atoms with Gasteiger partial charge in [-0.25, -0.2) is 4.68 Å². The number of aromatic nitrogens is 3. The molecule has 0 aliphatic rings. The summed E-state index contributed by atoms with van der Waals surface area (Å²) in [6.07, 6.45) is -4.53. The number of benzene rings is 3. The van der Waals surface area contributed by atoms with Gasteiger partial charge in [0.15, 0.2) is 5.82 Å². The molecule has 0 saturated carbocycles. The summed E-state index contributed by atoms with van der Waals surface area (Å²) in [6, 6.07) is 18.9. The minimum absolute atomic E-state index is 0.0927. The molecule has 10 heteroatoms. The van der Waals surface area contributed by atoms with Crippen molar-refractivity contribution in [1.82, 2.24) is 14.8 Å². The van der Waals surface area contributed by atoms with Crippen LogP contribution in [0.25, 0.3) is 17.1 Å². The number of alkyl halides is 3. The van der Waals surface area contributed by atoms with Crippen LogP contribution in [0, 0.1) is 6.92 Å². The van der Waals surface area contributed by atoms with Crippen LogP contribution in [0.3, 0.4) is 0 Å². The molecule has 1 N–H and O–H groups in total. The highest BCUT2D eigenvalue weighted by Gasteiger charge is 2.30. The van der Waals surface area contributed by atoms with Crippen LogP contribution in [0.2, 0.25) is 0 Å². The maximum absolute atomic E-state index is 13.0. The van der Waals surface area contributed by atoms with E-state index in [1.54, 1.807) is 36.1 Å². The van der Waals surface area contributed by atoms with Crippen LogP contribution in [-0.4, -0.2) is 41.0 Å². The fraction of sp³-hybridized carbons (Fsp3) is 0.192. The number of nitrogens with zero attached hydrogens (tertiary/aromatic N) is 3. The van der Waals surface area contributed by atoms with Gasteiger partial charge in [0, 0.05) is 23.9 Å². The molecule has 3 aromatic carbocycles. The Bertz CT molecular complexity index is 1350. The summed E-state index contributed by atoms with van der Waals surface area (Å²) in [5.41, 5.74) is 1.96. The molecule has 7 nitrogen and oxygen atoms in total. The number of anilines is 1. The third-order valence-corrected chi connectivity index (χ3v) is 5.31. The highest BCUT2D eigenvalue weighted by atomic mass is 19.4. The summed E-state index contributed by atoms with van der Waals surface area (Å²) < 4.78 is 51.2. The predicted octanol–water partition coefficient (Wildman–Crippen LogP) is 5.54. The number of hydrogen-bond donors (Lipinski definition) is 1. The number of halogens is 3.